The summed E-state index contributed by atoms with van der Waals surface area (Å²) in [4.78, 5) is 43.8. The van der Waals surface area contributed by atoms with Crippen molar-refractivity contribution in [1.29, 1.82) is 0 Å². The number of hydrogen-bond acceptors (Lipinski definition) is 5. The van der Waals surface area contributed by atoms with E-state index in [9.17, 15) is 14.4 Å². The Labute approximate surface area is 174 Å². The van der Waals surface area contributed by atoms with Crippen molar-refractivity contribution in [2.45, 2.75) is 19.9 Å². The van der Waals surface area contributed by atoms with E-state index in [1.807, 2.05) is 18.2 Å². The SMILES string of the molecule is CCN(CC)[C@H](CNC(=O)c1cnc2c(c1)c(=O)n(C)c(=O)n2C)c1ccccc1. The molecule has 1 amide bonds. The molecule has 8 heteroatoms. The summed E-state index contributed by atoms with van der Waals surface area (Å²) in [6.07, 6.45) is 1.39. The normalized spacial score (nSPS) is 12.3. The van der Waals surface area contributed by atoms with E-state index >= 15 is 0 Å². The van der Waals surface area contributed by atoms with Crippen molar-refractivity contribution in [3.05, 3.63) is 74.6 Å². The molecule has 0 aliphatic rings. The molecule has 0 radical (unpaired) electrons. The van der Waals surface area contributed by atoms with Gasteiger partial charge in [0, 0.05) is 26.8 Å². The summed E-state index contributed by atoms with van der Waals surface area (Å²) in [5.74, 6) is -0.312. The molecule has 0 saturated heterocycles. The molecule has 0 bridgehead atoms. The van der Waals surface area contributed by atoms with Crippen LogP contribution in [0.5, 0.6) is 0 Å². The van der Waals surface area contributed by atoms with Gasteiger partial charge in [-0.2, -0.15) is 0 Å². The minimum Gasteiger partial charge on any atom is -0.350 e. The van der Waals surface area contributed by atoms with E-state index in [0.29, 0.717) is 6.54 Å². The van der Waals surface area contributed by atoms with Crippen LogP contribution in [-0.2, 0) is 14.1 Å². The number of aryl methyl sites for hydroxylation is 1. The third-order valence-corrected chi connectivity index (χ3v) is 5.45. The lowest BCUT2D eigenvalue weighted by Crippen LogP contribution is -2.39. The maximum Gasteiger partial charge on any atom is 0.332 e. The summed E-state index contributed by atoms with van der Waals surface area (Å²) >= 11 is 0. The van der Waals surface area contributed by atoms with Crippen molar-refractivity contribution in [3.63, 3.8) is 0 Å². The molecule has 0 spiro atoms. The number of carbonyl (C=O) groups excluding carboxylic acids is 1. The summed E-state index contributed by atoms with van der Waals surface area (Å²) in [6, 6.07) is 11.6. The second kappa shape index (κ2) is 9.04. The maximum atomic E-state index is 12.8. The van der Waals surface area contributed by atoms with Gasteiger partial charge in [0.1, 0.15) is 5.65 Å². The van der Waals surface area contributed by atoms with Crippen LogP contribution in [0.1, 0.15) is 35.8 Å². The molecule has 30 heavy (non-hydrogen) atoms. The zero-order valence-corrected chi connectivity index (χ0v) is 17.8. The first kappa shape index (κ1) is 21.4. The van der Waals surface area contributed by atoms with Gasteiger partial charge in [-0.25, -0.2) is 9.78 Å². The lowest BCUT2D eigenvalue weighted by atomic mass is 10.0. The number of benzene rings is 1. The van der Waals surface area contributed by atoms with Crippen LogP contribution in [0.25, 0.3) is 11.0 Å². The quantitative estimate of drug-likeness (QED) is 0.638. The molecular formula is C22H27N5O3. The molecule has 0 unspecified atom stereocenters. The Morgan fingerprint density at radius 1 is 1.10 bits per heavy atom. The first-order valence-electron chi connectivity index (χ1n) is 10.0. The van der Waals surface area contributed by atoms with Gasteiger partial charge >= 0.3 is 5.69 Å². The highest BCUT2D eigenvalue weighted by Gasteiger charge is 2.20. The van der Waals surface area contributed by atoms with Crippen molar-refractivity contribution in [1.82, 2.24) is 24.3 Å². The van der Waals surface area contributed by atoms with Crippen molar-refractivity contribution < 1.29 is 4.79 Å². The van der Waals surface area contributed by atoms with Crippen LogP contribution in [-0.4, -0.2) is 44.6 Å². The average molecular weight is 409 g/mol. The molecule has 1 N–H and O–H groups in total. The fourth-order valence-electron chi connectivity index (χ4n) is 3.68. The Morgan fingerprint density at radius 3 is 2.40 bits per heavy atom. The molecule has 3 rings (SSSR count). The van der Waals surface area contributed by atoms with Crippen molar-refractivity contribution in [3.8, 4) is 0 Å². The van der Waals surface area contributed by atoms with E-state index in [0.717, 1.165) is 23.2 Å². The van der Waals surface area contributed by atoms with Crippen LogP contribution < -0.4 is 16.6 Å². The number of likely N-dealkylation sites (N-methyl/N-ethyl adjacent to an activating group) is 1. The van der Waals surface area contributed by atoms with Gasteiger partial charge in [-0.15, -0.1) is 0 Å². The Kier molecular flexibility index (Phi) is 6.47. The van der Waals surface area contributed by atoms with Gasteiger partial charge in [-0.1, -0.05) is 44.2 Å². The van der Waals surface area contributed by atoms with E-state index in [1.165, 1.54) is 23.9 Å². The third-order valence-electron chi connectivity index (χ3n) is 5.45. The van der Waals surface area contributed by atoms with Crippen LogP contribution in [0.15, 0.2) is 52.2 Å². The van der Waals surface area contributed by atoms with Gasteiger partial charge in [0.25, 0.3) is 11.5 Å². The molecule has 0 aliphatic carbocycles. The number of fused-ring (bicyclic) bond motifs is 1. The molecule has 2 aromatic heterocycles. The number of carbonyl (C=O) groups is 1. The molecule has 2 heterocycles. The minimum atomic E-state index is -0.472. The average Bonchev–Trinajstić information content (AvgIpc) is 2.79. The Bertz CT molecular complexity index is 1160. The van der Waals surface area contributed by atoms with Crippen molar-refractivity contribution in [2.75, 3.05) is 19.6 Å². The predicted molar refractivity (Wildman–Crippen MR) is 117 cm³/mol. The Hall–Kier alpha value is -3.26. The van der Waals surface area contributed by atoms with Gasteiger partial charge < -0.3 is 5.32 Å². The van der Waals surface area contributed by atoms with Crippen LogP contribution in [0.3, 0.4) is 0 Å². The van der Waals surface area contributed by atoms with Crippen LogP contribution >= 0.6 is 0 Å². The number of nitrogens with one attached hydrogen (secondary N) is 1. The summed E-state index contributed by atoms with van der Waals surface area (Å²) in [5, 5.41) is 3.21. The topological polar surface area (TPSA) is 89.2 Å². The number of amides is 1. The monoisotopic (exact) mass is 409 g/mol. The first-order chi connectivity index (χ1) is 14.4. The smallest absolute Gasteiger partial charge is 0.332 e. The number of nitrogens with zero attached hydrogens (tertiary/aromatic N) is 4. The molecule has 3 aromatic rings. The number of aromatic nitrogens is 3. The largest absolute Gasteiger partial charge is 0.350 e. The number of pyridine rings is 1. The molecule has 0 aliphatic heterocycles. The molecule has 1 atom stereocenters. The summed E-state index contributed by atoms with van der Waals surface area (Å²) < 4.78 is 2.31. The van der Waals surface area contributed by atoms with Gasteiger partial charge in [0.2, 0.25) is 0 Å². The highest BCUT2D eigenvalue weighted by atomic mass is 16.2. The number of hydrogen-bond donors (Lipinski definition) is 1. The molecule has 158 valence electrons. The standard InChI is InChI=1S/C22H27N5O3/c1-5-27(6-2)18(15-10-8-7-9-11-15)14-24-20(28)16-12-17-19(23-13-16)25(3)22(30)26(4)21(17)29/h7-13,18H,5-6,14H2,1-4H3,(H,24,28)/t18-/m1/s1. The summed E-state index contributed by atoms with van der Waals surface area (Å²) in [5.41, 5.74) is 0.735. The van der Waals surface area contributed by atoms with Crippen molar-refractivity contribution in [2.24, 2.45) is 14.1 Å². The Morgan fingerprint density at radius 2 is 1.77 bits per heavy atom. The van der Waals surface area contributed by atoms with E-state index in [2.05, 4.69) is 41.2 Å². The lowest BCUT2D eigenvalue weighted by molar-refractivity contribution is 0.0934. The van der Waals surface area contributed by atoms with Gasteiger partial charge in [0.05, 0.1) is 17.0 Å². The van der Waals surface area contributed by atoms with Crippen molar-refractivity contribution >= 4 is 16.9 Å². The van der Waals surface area contributed by atoms with Crippen LogP contribution in [0, 0.1) is 0 Å². The van der Waals surface area contributed by atoms with E-state index < -0.39 is 11.2 Å². The second-order valence-corrected chi connectivity index (χ2v) is 7.16. The minimum absolute atomic E-state index is 0.0345. The third kappa shape index (κ3) is 4.04. The fraction of sp³-hybridized carbons (Fsp3) is 0.364. The van der Waals surface area contributed by atoms with Gasteiger partial charge in [0.15, 0.2) is 0 Å². The zero-order valence-electron chi connectivity index (χ0n) is 17.8. The van der Waals surface area contributed by atoms with Crippen LogP contribution in [0.4, 0.5) is 0 Å². The molecule has 0 fully saturated rings. The van der Waals surface area contributed by atoms with E-state index in [-0.39, 0.29) is 28.5 Å². The highest BCUT2D eigenvalue weighted by Crippen LogP contribution is 2.19. The van der Waals surface area contributed by atoms with E-state index in [1.54, 1.807) is 7.05 Å². The predicted octanol–water partition coefficient (Wildman–Crippen LogP) is 1.45. The first-order valence-corrected chi connectivity index (χ1v) is 10.0. The zero-order chi connectivity index (χ0) is 21.8. The fourth-order valence-corrected chi connectivity index (χ4v) is 3.68. The van der Waals surface area contributed by atoms with Gasteiger partial charge in [-0.05, 0) is 24.7 Å². The Balaban J connectivity index is 1.88. The molecule has 1 aromatic carbocycles. The summed E-state index contributed by atoms with van der Waals surface area (Å²) in [7, 11) is 2.96. The molecule has 0 saturated carbocycles. The van der Waals surface area contributed by atoms with Crippen LogP contribution in [0.2, 0.25) is 0 Å². The van der Waals surface area contributed by atoms with Gasteiger partial charge in [-0.3, -0.25) is 23.6 Å². The lowest BCUT2D eigenvalue weighted by Gasteiger charge is -2.30. The number of rotatable bonds is 7. The summed E-state index contributed by atoms with van der Waals surface area (Å²) in [6.45, 7) is 6.32. The molecular weight excluding hydrogens is 382 g/mol. The van der Waals surface area contributed by atoms with E-state index in [4.69, 9.17) is 0 Å². The second-order valence-electron chi connectivity index (χ2n) is 7.16. The highest BCUT2D eigenvalue weighted by molar-refractivity contribution is 5.96. The molecule has 8 nitrogen and oxygen atoms in total. The maximum absolute atomic E-state index is 12.8.